The van der Waals surface area contributed by atoms with Gasteiger partial charge in [0.25, 0.3) is 0 Å². The van der Waals surface area contributed by atoms with Crippen molar-refractivity contribution in [1.82, 2.24) is 0 Å². The number of unbranched alkanes of at least 4 members (excludes halogenated alkanes) is 25. The van der Waals surface area contributed by atoms with Gasteiger partial charge < -0.3 is 19.3 Å². The number of phosphoric ester groups is 1. The predicted molar refractivity (Wildman–Crippen MR) is 198 cm³/mol. The predicted octanol–water partition coefficient (Wildman–Crippen LogP) is 11.8. The Kier molecular flexibility index (Phi) is 34.7. The van der Waals surface area contributed by atoms with Crippen LogP contribution in [0.5, 0.6) is 0 Å². The number of esters is 2. The van der Waals surface area contributed by atoms with E-state index in [1.807, 2.05) is 0 Å². The monoisotopic (exact) mass is 703 g/mol. The summed E-state index contributed by atoms with van der Waals surface area (Å²) in [5.41, 5.74) is 0. The number of allylic oxidation sites excluding steroid dienone is 2. The lowest BCUT2D eigenvalue weighted by Crippen LogP contribution is -2.29. The van der Waals surface area contributed by atoms with Gasteiger partial charge in [-0.2, -0.15) is 0 Å². The molecule has 0 aliphatic rings. The van der Waals surface area contributed by atoms with Crippen LogP contribution in [0.4, 0.5) is 0 Å². The van der Waals surface area contributed by atoms with Gasteiger partial charge in [-0.25, -0.2) is 4.57 Å². The maximum atomic E-state index is 12.4. The highest BCUT2D eigenvalue weighted by Crippen LogP contribution is 2.36. The molecule has 0 amide bonds. The smallest absolute Gasteiger partial charge is 0.462 e. The Hall–Kier alpha value is -1.21. The number of phosphoric acid groups is 1. The minimum Gasteiger partial charge on any atom is -0.462 e. The SMILES string of the molecule is CCCCCCCCC/C=C\CCCCCCCC(=O)O[C@H](COC(=O)CCCCCCCCCCCCCCCC)COP(=O)(O)O. The first-order chi connectivity index (χ1) is 23.3. The van der Waals surface area contributed by atoms with E-state index < -0.39 is 32.5 Å². The van der Waals surface area contributed by atoms with Crippen LogP contribution in [0.15, 0.2) is 12.2 Å². The fourth-order valence-electron chi connectivity index (χ4n) is 5.78. The standard InChI is InChI=1S/C39H75O8P/c1-3-5-7-9-11-13-15-17-19-20-22-24-26-28-30-32-34-39(41)47-37(36-46-48(42,43)44)35-45-38(40)33-31-29-27-25-23-21-18-16-14-12-10-8-6-4-2/h19-20,37H,3-18,21-36H2,1-2H3,(H2,42,43,44)/b20-19-/t37-/m1/s1. The number of carbonyl (C=O) groups excluding carboxylic acids is 2. The number of hydrogen-bond donors (Lipinski definition) is 2. The molecule has 9 heteroatoms. The van der Waals surface area contributed by atoms with Gasteiger partial charge in [0.05, 0.1) is 6.61 Å². The number of ether oxygens (including phenoxy) is 2. The Labute approximate surface area is 295 Å². The van der Waals surface area contributed by atoms with E-state index in [1.165, 1.54) is 122 Å². The van der Waals surface area contributed by atoms with Crippen molar-refractivity contribution in [2.24, 2.45) is 0 Å². The van der Waals surface area contributed by atoms with Crippen LogP contribution in [0.1, 0.15) is 206 Å². The summed E-state index contributed by atoms with van der Waals surface area (Å²) in [6.45, 7) is 3.69. The molecule has 1 atom stereocenters. The first kappa shape index (κ1) is 46.8. The molecule has 0 spiro atoms. The molecule has 0 aliphatic heterocycles. The molecule has 0 aromatic carbocycles. The summed E-state index contributed by atoms with van der Waals surface area (Å²) in [7, 11) is -4.75. The number of carbonyl (C=O) groups is 2. The summed E-state index contributed by atoms with van der Waals surface area (Å²) in [5.74, 6) is -0.885. The van der Waals surface area contributed by atoms with Gasteiger partial charge in [-0.15, -0.1) is 0 Å². The Bertz CT molecular complexity index is 797. The van der Waals surface area contributed by atoms with Gasteiger partial charge >= 0.3 is 19.8 Å². The van der Waals surface area contributed by atoms with E-state index in [1.54, 1.807) is 0 Å². The molecule has 0 saturated heterocycles. The van der Waals surface area contributed by atoms with Crippen molar-refractivity contribution in [3.05, 3.63) is 12.2 Å². The molecule has 0 radical (unpaired) electrons. The molecule has 8 nitrogen and oxygen atoms in total. The Morgan fingerprint density at radius 3 is 1.27 bits per heavy atom. The van der Waals surface area contributed by atoms with Gasteiger partial charge in [0.15, 0.2) is 6.10 Å². The maximum absolute atomic E-state index is 12.4. The van der Waals surface area contributed by atoms with Gasteiger partial charge in [-0.3, -0.25) is 14.1 Å². The van der Waals surface area contributed by atoms with Crippen molar-refractivity contribution < 1.29 is 37.9 Å². The molecule has 0 fully saturated rings. The number of hydrogen-bond acceptors (Lipinski definition) is 6. The molecule has 0 aliphatic carbocycles. The summed E-state index contributed by atoms with van der Waals surface area (Å²) >= 11 is 0. The van der Waals surface area contributed by atoms with Gasteiger partial charge in [0.2, 0.25) is 0 Å². The van der Waals surface area contributed by atoms with E-state index in [2.05, 4.69) is 30.5 Å². The van der Waals surface area contributed by atoms with Crippen molar-refractivity contribution in [3.8, 4) is 0 Å². The van der Waals surface area contributed by atoms with E-state index in [0.717, 1.165) is 51.4 Å². The van der Waals surface area contributed by atoms with Crippen LogP contribution < -0.4 is 0 Å². The molecule has 0 bridgehead atoms. The zero-order chi connectivity index (χ0) is 35.4. The summed E-state index contributed by atoms with van der Waals surface area (Å²) < 4.78 is 26.3. The second kappa shape index (κ2) is 35.6. The average Bonchev–Trinajstić information content (AvgIpc) is 3.05. The molecular formula is C39H75O8P. The molecule has 0 unspecified atom stereocenters. The minimum absolute atomic E-state index is 0.206. The Morgan fingerprint density at radius 2 is 0.875 bits per heavy atom. The van der Waals surface area contributed by atoms with Crippen LogP contribution in [-0.2, 0) is 28.2 Å². The van der Waals surface area contributed by atoms with Crippen LogP contribution in [0.2, 0.25) is 0 Å². The fraction of sp³-hybridized carbons (Fsp3) is 0.897. The van der Waals surface area contributed by atoms with Gasteiger partial charge in [0, 0.05) is 12.8 Å². The normalized spacial score (nSPS) is 12.5. The molecule has 48 heavy (non-hydrogen) atoms. The van der Waals surface area contributed by atoms with Crippen LogP contribution in [0.3, 0.4) is 0 Å². The van der Waals surface area contributed by atoms with Crippen molar-refractivity contribution in [2.75, 3.05) is 13.2 Å². The van der Waals surface area contributed by atoms with Crippen LogP contribution >= 0.6 is 7.82 Å². The summed E-state index contributed by atoms with van der Waals surface area (Å²) in [4.78, 5) is 42.7. The lowest BCUT2D eigenvalue weighted by Gasteiger charge is -2.18. The summed E-state index contributed by atoms with van der Waals surface area (Å²) in [5, 5.41) is 0. The second-order valence-electron chi connectivity index (χ2n) is 13.6. The molecule has 0 saturated carbocycles. The molecule has 0 rings (SSSR count). The molecule has 284 valence electrons. The largest absolute Gasteiger partial charge is 0.469 e. The highest BCUT2D eigenvalue weighted by molar-refractivity contribution is 7.46. The van der Waals surface area contributed by atoms with Crippen molar-refractivity contribution >= 4 is 19.8 Å². The van der Waals surface area contributed by atoms with E-state index >= 15 is 0 Å². The highest BCUT2D eigenvalue weighted by atomic mass is 31.2. The third-order valence-electron chi connectivity index (χ3n) is 8.78. The number of rotatable bonds is 37. The quantitative estimate of drug-likeness (QED) is 0.0284. The lowest BCUT2D eigenvalue weighted by molar-refractivity contribution is -0.161. The third-order valence-corrected chi connectivity index (χ3v) is 9.27. The fourth-order valence-corrected chi connectivity index (χ4v) is 6.14. The van der Waals surface area contributed by atoms with E-state index in [4.69, 9.17) is 19.3 Å². The van der Waals surface area contributed by atoms with Gasteiger partial charge in [-0.05, 0) is 38.5 Å². The first-order valence-electron chi connectivity index (χ1n) is 20.0. The van der Waals surface area contributed by atoms with E-state index in [0.29, 0.717) is 6.42 Å². The molecule has 0 heterocycles. The van der Waals surface area contributed by atoms with Crippen LogP contribution in [0, 0.1) is 0 Å². The van der Waals surface area contributed by atoms with Crippen molar-refractivity contribution in [1.29, 1.82) is 0 Å². The Balaban J connectivity index is 3.93. The summed E-state index contributed by atoms with van der Waals surface area (Å²) in [6, 6.07) is 0. The highest BCUT2D eigenvalue weighted by Gasteiger charge is 2.22. The molecule has 0 aromatic heterocycles. The maximum Gasteiger partial charge on any atom is 0.469 e. The zero-order valence-corrected chi connectivity index (χ0v) is 32.0. The summed E-state index contributed by atoms with van der Waals surface area (Å²) in [6.07, 6.45) is 37.9. The average molecular weight is 703 g/mol. The molecule has 2 N–H and O–H groups in total. The topological polar surface area (TPSA) is 119 Å². The van der Waals surface area contributed by atoms with Gasteiger partial charge in [0.1, 0.15) is 6.61 Å². The van der Waals surface area contributed by atoms with Crippen molar-refractivity contribution in [2.45, 2.75) is 213 Å². The van der Waals surface area contributed by atoms with Crippen LogP contribution in [-0.4, -0.2) is 41.0 Å². The van der Waals surface area contributed by atoms with Crippen LogP contribution in [0.25, 0.3) is 0 Å². The second-order valence-corrected chi connectivity index (χ2v) is 14.9. The third kappa shape index (κ3) is 37.6. The molecular weight excluding hydrogens is 627 g/mol. The molecule has 0 aromatic rings. The van der Waals surface area contributed by atoms with Crippen molar-refractivity contribution in [3.63, 3.8) is 0 Å². The zero-order valence-electron chi connectivity index (χ0n) is 31.2. The van der Waals surface area contributed by atoms with E-state index in [-0.39, 0.29) is 19.4 Å². The lowest BCUT2D eigenvalue weighted by atomic mass is 10.0. The van der Waals surface area contributed by atoms with E-state index in [9.17, 15) is 14.2 Å². The Morgan fingerprint density at radius 1 is 0.521 bits per heavy atom. The van der Waals surface area contributed by atoms with Gasteiger partial charge in [-0.1, -0.05) is 167 Å². The first-order valence-corrected chi connectivity index (χ1v) is 21.5. The minimum atomic E-state index is -4.75.